The number of ketones is 1. The Hall–Kier alpha value is -2.71. The number of hydrogen-bond donors (Lipinski definition) is 1. The number of halogens is 1. The van der Waals surface area contributed by atoms with E-state index in [0.29, 0.717) is 5.69 Å². The van der Waals surface area contributed by atoms with Crippen molar-refractivity contribution in [3.05, 3.63) is 58.6 Å². The van der Waals surface area contributed by atoms with Crippen LogP contribution in [0.15, 0.2) is 47.4 Å². The number of Topliss-reactive ketones (excluding diaryl/α,β-unsaturated/α-hetero) is 1. The van der Waals surface area contributed by atoms with Crippen LogP contribution in [0.5, 0.6) is 0 Å². The first kappa shape index (κ1) is 20.6. The molecule has 0 unspecified atom stereocenters. The van der Waals surface area contributed by atoms with Crippen LogP contribution in [-0.4, -0.2) is 38.9 Å². The lowest BCUT2D eigenvalue weighted by molar-refractivity contribution is -0.114. The number of anilines is 1. The van der Waals surface area contributed by atoms with Gasteiger partial charge in [0.15, 0.2) is 22.2 Å². The molecule has 0 heterocycles. The van der Waals surface area contributed by atoms with E-state index in [9.17, 15) is 22.8 Å². The molecule has 27 heavy (non-hydrogen) atoms. The zero-order valence-corrected chi connectivity index (χ0v) is 16.1. The van der Waals surface area contributed by atoms with Crippen LogP contribution in [0, 0.1) is 0 Å². The third-order valence-corrected chi connectivity index (χ3v) is 4.89. The third-order valence-electron chi connectivity index (χ3n) is 3.45. The van der Waals surface area contributed by atoms with Crippen molar-refractivity contribution >= 4 is 44.8 Å². The molecule has 142 valence electrons. The van der Waals surface area contributed by atoms with Gasteiger partial charge in [-0.15, -0.1) is 0 Å². The van der Waals surface area contributed by atoms with Gasteiger partial charge in [0.25, 0.3) is 0 Å². The zero-order valence-electron chi connectivity index (χ0n) is 14.5. The Morgan fingerprint density at radius 3 is 2.26 bits per heavy atom. The summed E-state index contributed by atoms with van der Waals surface area (Å²) in [5.74, 6) is -1.61. The molecule has 7 nitrogen and oxygen atoms in total. The van der Waals surface area contributed by atoms with Gasteiger partial charge in [0.2, 0.25) is 5.91 Å². The van der Waals surface area contributed by atoms with Gasteiger partial charge in [-0.3, -0.25) is 9.59 Å². The van der Waals surface area contributed by atoms with Gasteiger partial charge in [-0.05, 0) is 42.5 Å². The summed E-state index contributed by atoms with van der Waals surface area (Å²) in [7, 11) is -3.53. The summed E-state index contributed by atoms with van der Waals surface area (Å²) in [6, 6.07) is 9.71. The van der Waals surface area contributed by atoms with E-state index in [2.05, 4.69) is 5.32 Å². The van der Waals surface area contributed by atoms with Crippen LogP contribution in [0.1, 0.15) is 27.6 Å². The number of ether oxygens (including phenoxy) is 1. The van der Waals surface area contributed by atoms with Crippen LogP contribution in [0.25, 0.3) is 0 Å². The Kier molecular flexibility index (Phi) is 6.35. The molecule has 0 aliphatic heterocycles. The first-order valence-electron chi connectivity index (χ1n) is 7.65. The SMILES string of the molecule is CC(=O)Nc1ccc(C(=O)COC(=O)c2cc(S(C)(=O)=O)ccc2Cl)cc1. The van der Waals surface area contributed by atoms with E-state index in [1.165, 1.54) is 31.2 Å². The molecular formula is C18H16ClNO6S. The van der Waals surface area contributed by atoms with Crippen LogP contribution in [0.4, 0.5) is 5.69 Å². The van der Waals surface area contributed by atoms with Crippen LogP contribution in [0.2, 0.25) is 5.02 Å². The fourth-order valence-electron chi connectivity index (χ4n) is 2.13. The van der Waals surface area contributed by atoms with Gasteiger partial charge in [0.1, 0.15) is 0 Å². The number of esters is 1. The van der Waals surface area contributed by atoms with Gasteiger partial charge in [-0.2, -0.15) is 0 Å². The Morgan fingerprint density at radius 1 is 1.07 bits per heavy atom. The van der Waals surface area contributed by atoms with Gasteiger partial charge in [0.05, 0.1) is 15.5 Å². The van der Waals surface area contributed by atoms with Crippen molar-refractivity contribution in [3.8, 4) is 0 Å². The summed E-state index contributed by atoms with van der Waals surface area (Å²) in [5.41, 5.74) is 0.668. The fraction of sp³-hybridized carbons (Fsp3) is 0.167. The maximum atomic E-state index is 12.2. The van der Waals surface area contributed by atoms with Crippen molar-refractivity contribution in [1.29, 1.82) is 0 Å². The molecule has 2 rings (SSSR count). The number of carbonyl (C=O) groups is 3. The summed E-state index contributed by atoms with van der Waals surface area (Å²) >= 11 is 5.92. The summed E-state index contributed by atoms with van der Waals surface area (Å²) in [6.07, 6.45) is 1.000. The number of hydrogen-bond acceptors (Lipinski definition) is 6. The average molecular weight is 410 g/mol. The molecule has 2 aromatic carbocycles. The predicted molar refractivity (Wildman–Crippen MR) is 99.9 cm³/mol. The van der Waals surface area contributed by atoms with E-state index in [0.717, 1.165) is 12.3 Å². The number of amides is 1. The summed E-state index contributed by atoms with van der Waals surface area (Å²) in [6.45, 7) is 0.820. The molecule has 0 bridgehead atoms. The quantitative estimate of drug-likeness (QED) is 0.580. The van der Waals surface area contributed by atoms with E-state index in [4.69, 9.17) is 16.3 Å². The van der Waals surface area contributed by atoms with Crippen molar-refractivity contribution in [2.75, 3.05) is 18.2 Å². The Bertz CT molecular complexity index is 999. The van der Waals surface area contributed by atoms with Crippen LogP contribution in [-0.2, 0) is 19.4 Å². The number of carbonyl (C=O) groups excluding carboxylic acids is 3. The fourth-order valence-corrected chi connectivity index (χ4v) is 2.97. The molecule has 0 fully saturated rings. The second kappa shape index (κ2) is 8.32. The number of benzene rings is 2. The molecule has 0 spiro atoms. The molecule has 1 amide bonds. The molecule has 0 atom stereocenters. The number of sulfone groups is 1. The van der Waals surface area contributed by atoms with Crippen molar-refractivity contribution in [3.63, 3.8) is 0 Å². The molecule has 0 radical (unpaired) electrons. The first-order valence-corrected chi connectivity index (χ1v) is 9.92. The highest BCUT2D eigenvalue weighted by Crippen LogP contribution is 2.21. The Labute approximate surface area is 161 Å². The molecule has 0 aliphatic carbocycles. The standard InChI is InChI=1S/C18H16ClNO6S/c1-11(21)20-13-5-3-12(4-6-13)17(22)10-26-18(23)15-9-14(27(2,24)25)7-8-16(15)19/h3-9H,10H2,1-2H3,(H,20,21). The lowest BCUT2D eigenvalue weighted by Crippen LogP contribution is -2.15. The smallest absolute Gasteiger partial charge is 0.340 e. The van der Waals surface area contributed by atoms with E-state index >= 15 is 0 Å². The van der Waals surface area contributed by atoms with E-state index in [1.54, 1.807) is 12.1 Å². The highest BCUT2D eigenvalue weighted by atomic mass is 35.5. The van der Waals surface area contributed by atoms with Crippen LogP contribution < -0.4 is 5.32 Å². The minimum atomic E-state index is -3.53. The maximum absolute atomic E-state index is 12.2. The number of rotatable bonds is 6. The monoisotopic (exact) mass is 409 g/mol. The Balaban J connectivity index is 2.07. The van der Waals surface area contributed by atoms with Crippen molar-refractivity contribution in [2.45, 2.75) is 11.8 Å². The third kappa shape index (κ3) is 5.63. The van der Waals surface area contributed by atoms with Crippen LogP contribution in [0.3, 0.4) is 0 Å². The highest BCUT2D eigenvalue weighted by molar-refractivity contribution is 7.90. The lowest BCUT2D eigenvalue weighted by Gasteiger charge is -2.08. The van der Waals surface area contributed by atoms with Crippen molar-refractivity contribution in [1.82, 2.24) is 0 Å². The number of nitrogens with one attached hydrogen (secondary N) is 1. The molecular weight excluding hydrogens is 394 g/mol. The zero-order chi connectivity index (χ0) is 20.2. The van der Waals surface area contributed by atoms with Gasteiger partial charge in [0, 0.05) is 24.4 Å². The molecule has 0 aromatic heterocycles. The van der Waals surface area contributed by atoms with Gasteiger partial charge < -0.3 is 10.1 Å². The lowest BCUT2D eigenvalue weighted by atomic mass is 10.1. The normalized spacial score (nSPS) is 10.9. The van der Waals surface area contributed by atoms with E-state index in [-0.39, 0.29) is 27.0 Å². The maximum Gasteiger partial charge on any atom is 0.340 e. The molecule has 2 aromatic rings. The van der Waals surface area contributed by atoms with Gasteiger partial charge >= 0.3 is 5.97 Å². The molecule has 0 aliphatic rings. The first-order chi connectivity index (χ1) is 12.6. The molecule has 0 saturated heterocycles. The topological polar surface area (TPSA) is 107 Å². The van der Waals surface area contributed by atoms with E-state index in [1.807, 2.05) is 0 Å². The summed E-state index contributed by atoms with van der Waals surface area (Å²) < 4.78 is 28.1. The minimum absolute atomic E-state index is 0.0134. The van der Waals surface area contributed by atoms with Gasteiger partial charge in [-0.1, -0.05) is 11.6 Å². The second-order valence-electron chi connectivity index (χ2n) is 5.67. The largest absolute Gasteiger partial charge is 0.454 e. The second-order valence-corrected chi connectivity index (χ2v) is 8.09. The van der Waals surface area contributed by atoms with Crippen molar-refractivity contribution in [2.24, 2.45) is 0 Å². The molecule has 0 saturated carbocycles. The Morgan fingerprint density at radius 2 is 1.70 bits per heavy atom. The minimum Gasteiger partial charge on any atom is -0.454 e. The highest BCUT2D eigenvalue weighted by Gasteiger charge is 2.18. The van der Waals surface area contributed by atoms with Gasteiger partial charge in [-0.25, -0.2) is 13.2 Å². The molecule has 1 N–H and O–H groups in total. The van der Waals surface area contributed by atoms with Crippen molar-refractivity contribution < 1.29 is 27.5 Å². The average Bonchev–Trinajstić information content (AvgIpc) is 2.59. The summed E-state index contributed by atoms with van der Waals surface area (Å²) in [5, 5.41) is 2.58. The predicted octanol–water partition coefficient (Wildman–Crippen LogP) is 2.74. The molecule has 9 heteroatoms. The van der Waals surface area contributed by atoms with Crippen LogP contribution >= 0.6 is 11.6 Å². The summed E-state index contributed by atoms with van der Waals surface area (Å²) in [4.78, 5) is 35.2. The van der Waals surface area contributed by atoms with E-state index < -0.39 is 28.2 Å².